The highest BCUT2D eigenvalue weighted by Gasteiger charge is 2.25. The van der Waals surface area contributed by atoms with Crippen molar-refractivity contribution in [3.8, 4) is 11.4 Å². The number of nitrogens with zero attached hydrogens (tertiary/aromatic N) is 4. The fourth-order valence-electron chi connectivity index (χ4n) is 3.81. The molecule has 0 saturated carbocycles. The Kier molecular flexibility index (Phi) is 5.69. The maximum Gasteiger partial charge on any atom is 0.237 e. The summed E-state index contributed by atoms with van der Waals surface area (Å²) in [6.45, 7) is 10.2. The van der Waals surface area contributed by atoms with Gasteiger partial charge in [0.2, 0.25) is 5.91 Å². The molecule has 1 amide bonds. The lowest BCUT2D eigenvalue weighted by Gasteiger charge is -2.19. The maximum atomic E-state index is 12.8. The molecule has 0 unspecified atom stereocenters. The van der Waals surface area contributed by atoms with E-state index < -0.39 is 0 Å². The van der Waals surface area contributed by atoms with Crippen molar-refractivity contribution >= 4 is 23.4 Å². The number of anilines is 1. The van der Waals surface area contributed by atoms with E-state index in [9.17, 15) is 4.79 Å². The first-order chi connectivity index (χ1) is 14.4. The second kappa shape index (κ2) is 8.26. The highest BCUT2D eigenvalue weighted by Crippen LogP contribution is 2.30. The summed E-state index contributed by atoms with van der Waals surface area (Å²) in [4.78, 5) is 14.7. The smallest absolute Gasteiger partial charge is 0.237 e. The Morgan fingerprint density at radius 1 is 1.07 bits per heavy atom. The van der Waals surface area contributed by atoms with Crippen molar-refractivity contribution in [2.75, 3.05) is 17.2 Å². The third-order valence-corrected chi connectivity index (χ3v) is 6.51. The fraction of sp³-hybridized carbons (Fsp3) is 0.375. The van der Waals surface area contributed by atoms with Crippen LogP contribution < -0.4 is 4.90 Å². The zero-order valence-electron chi connectivity index (χ0n) is 18.1. The molecular weight excluding hydrogens is 392 g/mol. The Balaban J connectivity index is 1.49. The Morgan fingerprint density at radius 2 is 1.80 bits per heavy atom. The van der Waals surface area contributed by atoms with Crippen LogP contribution in [0.3, 0.4) is 0 Å². The average Bonchev–Trinajstić information content (AvgIpc) is 3.35. The van der Waals surface area contributed by atoms with Crippen LogP contribution in [0, 0.1) is 0 Å². The minimum Gasteiger partial charge on any atom is -0.311 e. The molecule has 0 spiro atoms. The van der Waals surface area contributed by atoms with Crippen LogP contribution in [-0.4, -0.2) is 33.0 Å². The lowest BCUT2D eigenvalue weighted by atomic mass is 9.87. The van der Waals surface area contributed by atoms with Crippen LogP contribution in [0.2, 0.25) is 0 Å². The summed E-state index contributed by atoms with van der Waals surface area (Å²) in [7, 11) is 0. The van der Waals surface area contributed by atoms with Gasteiger partial charge >= 0.3 is 0 Å². The number of aromatic nitrogens is 3. The molecule has 0 N–H and O–H groups in total. The number of amides is 1. The molecule has 2 aromatic carbocycles. The van der Waals surface area contributed by atoms with E-state index in [1.807, 2.05) is 23.1 Å². The number of fused-ring (bicyclic) bond motifs is 1. The molecule has 3 aromatic rings. The van der Waals surface area contributed by atoms with E-state index in [-0.39, 0.29) is 11.3 Å². The molecule has 0 atom stereocenters. The average molecular weight is 421 g/mol. The van der Waals surface area contributed by atoms with Gasteiger partial charge in [0, 0.05) is 24.3 Å². The maximum absolute atomic E-state index is 12.8. The van der Waals surface area contributed by atoms with Crippen molar-refractivity contribution in [1.82, 2.24) is 14.8 Å². The van der Waals surface area contributed by atoms with Gasteiger partial charge in [-0.15, -0.1) is 10.2 Å². The van der Waals surface area contributed by atoms with E-state index in [2.05, 4.69) is 72.8 Å². The predicted octanol–water partition coefficient (Wildman–Crippen LogP) is 4.94. The molecule has 0 bridgehead atoms. The van der Waals surface area contributed by atoms with Gasteiger partial charge < -0.3 is 9.47 Å². The van der Waals surface area contributed by atoms with Gasteiger partial charge in [0.25, 0.3) is 0 Å². The van der Waals surface area contributed by atoms with Crippen LogP contribution in [0.25, 0.3) is 11.4 Å². The Labute approximate surface area is 182 Å². The van der Waals surface area contributed by atoms with Gasteiger partial charge in [0.05, 0.1) is 5.75 Å². The molecule has 0 radical (unpaired) electrons. The van der Waals surface area contributed by atoms with Crippen LogP contribution in [0.1, 0.15) is 38.8 Å². The molecule has 0 saturated heterocycles. The predicted molar refractivity (Wildman–Crippen MR) is 123 cm³/mol. The number of carbonyl (C=O) groups excluding carboxylic acids is 1. The zero-order valence-corrected chi connectivity index (χ0v) is 18.9. The molecule has 2 heterocycles. The second-order valence-electron chi connectivity index (χ2n) is 8.59. The number of rotatable bonds is 5. The second-order valence-corrected chi connectivity index (χ2v) is 9.53. The summed E-state index contributed by atoms with van der Waals surface area (Å²) in [5.74, 6) is 1.32. The van der Waals surface area contributed by atoms with E-state index >= 15 is 0 Å². The standard InChI is InChI=1S/C24H28N4OS/c1-5-27-22(18-10-12-19(13-11-18)24(2,3)4)25-26-23(27)30-16-21(29)28-15-14-17-8-6-7-9-20(17)28/h6-13H,5,14-16H2,1-4H3. The molecular formula is C24H28N4OS. The SMILES string of the molecule is CCn1c(SCC(=O)N2CCc3ccccc32)nnc1-c1ccc(C(C)(C)C)cc1. The molecule has 0 fully saturated rings. The van der Waals surface area contributed by atoms with Crippen molar-refractivity contribution in [3.05, 3.63) is 59.7 Å². The van der Waals surface area contributed by atoms with E-state index in [0.717, 1.165) is 41.7 Å². The van der Waals surface area contributed by atoms with Gasteiger partial charge in [-0.1, -0.05) is 75.0 Å². The lowest BCUT2D eigenvalue weighted by Crippen LogP contribution is -2.30. The molecule has 1 aliphatic heterocycles. The summed E-state index contributed by atoms with van der Waals surface area (Å²) in [5, 5.41) is 9.60. The van der Waals surface area contributed by atoms with Crippen molar-refractivity contribution in [2.24, 2.45) is 0 Å². The normalized spacial score (nSPS) is 13.5. The van der Waals surface area contributed by atoms with Gasteiger partial charge in [-0.25, -0.2) is 0 Å². The molecule has 1 aliphatic rings. The molecule has 4 rings (SSSR count). The summed E-state index contributed by atoms with van der Waals surface area (Å²) >= 11 is 1.46. The van der Waals surface area contributed by atoms with Crippen molar-refractivity contribution in [2.45, 2.75) is 51.2 Å². The highest BCUT2D eigenvalue weighted by atomic mass is 32.2. The van der Waals surface area contributed by atoms with Crippen LogP contribution in [-0.2, 0) is 23.2 Å². The number of hydrogen-bond acceptors (Lipinski definition) is 4. The minimum absolute atomic E-state index is 0.117. The minimum atomic E-state index is 0.117. The highest BCUT2D eigenvalue weighted by molar-refractivity contribution is 7.99. The largest absolute Gasteiger partial charge is 0.311 e. The van der Waals surface area contributed by atoms with E-state index in [0.29, 0.717) is 5.75 Å². The third-order valence-electron chi connectivity index (χ3n) is 5.56. The monoisotopic (exact) mass is 420 g/mol. The van der Waals surface area contributed by atoms with Gasteiger partial charge in [-0.3, -0.25) is 4.79 Å². The van der Waals surface area contributed by atoms with Crippen LogP contribution in [0.4, 0.5) is 5.69 Å². The van der Waals surface area contributed by atoms with E-state index in [4.69, 9.17) is 0 Å². The lowest BCUT2D eigenvalue weighted by molar-refractivity contribution is -0.116. The number of hydrogen-bond donors (Lipinski definition) is 0. The van der Waals surface area contributed by atoms with Crippen molar-refractivity contribution < 1.29 is 4.79 Å². The van der Waals surface area contributed by atoms with Gasteiger partial charge in [-0.2, -0.15) is 0 Å². The van der Waals surface area contributed by atoms with Crippen molar-refractivity contribution in [3.63, 3.8) is 0 Å². The summed E-state index contributed by atoms with van der Waals surface area (Å²) in [6, 6.07) is 16.7. The Morgan fingerprint density at radius 3 is 2.50 bits per heavy atom. The first kappa shape index (κ1) is 20.7. The van der Waals surface area contributed by atoms with Crippen LogP contribution >= 0.6 is 11.8 Å². The van der Waals surface area contributed by atoms with Crippen LogP contribution in [0.5, 0.6) is 0 Å². The first-order valence-electron chi connectivity index (χ1n) is 10.4. The number of carbonyl (C=O) groups is 1. The molecule has 1 aromatic heterocycles. The Hall–Kier alpha value is -2.60. The third kappa shape index (κ3) is 4.01. The molecule has 5 nitrogen and oxygen atoms in total. The van der Waals surface area contributed by atoms with Crippen molar-refractivity contribution in [1.29, 1.82) is 0 Å². The van der Waals surface area contributed by atoms with Crippen LogP contribution in [0.15, 0.2) is 53.7 Å². The first-order valence-corrected chi connectivity index (χ1v) is 11.4. The number of thioether (sulfide) groups is 1. The topological polar surface area (TPSA) is 51.0 Å². The van der Waals surface area contributed by atoms with Gasteiger partial charge in [0.15, 0.2) is 11.0 Å². The van der Waals surface area contributed by atoms with E-state index in [1.165, 1.54) is 22.9 Å². The number of para-hydroxylation sites is 1. The number of benzene rings is 2. The summed E-state index contributed by atoms with van der Waals surface area (Å²) in [5.41, 5.74) is 4.74. The zero-order chi connectivity index (χ0) is 21.3. The molecule has 156 valence electrons. The fourth-order valence-corrected chi connectivity index (χ4v) is 4.69. The Bertz CT molecular complexity index is 1050. The molecule has 0 aliphatic carbocycles. The van der Waals surface area contributed by atoms with Gasteiger partial charge in [0.1, 0.15) is 0 Å². The van der Waals surface area contributed by atoms with E-state index in [1.54, 1.807) is 0 Å². The molecule has 6 heteroatoms. The summed E-state index contributed by atoms with van der Waals surface area (Å²) in [6.07, 6.45) is 0.923. The molecule has 30 heavy (non-hydrogen) atoms. The quantitative estimate of drug-likeness (QED) is 0.549. The summed E-state index contributed by atoms with van der Waals surface area (Å²) < 4.78 is 2.09. The van der Waals surface area contributed by atoms with Gasteiger partial charge in [-0.05, 0) is 36.0 Å².